The van der Waals surface area contributed by atoms with Gasteiger partial charge >= 0.3 is 0 Å². The van der Waals surface area contributed by atoms with Crippen LogP contribution >= 0.6 is 0 Å². The van der Waals surface area contributed by atoms with Gasteiger partial charge in [-0.1, -0.05) is 84.0 Å². The maximum absolute atomic E-state index is 11.6. The SMILES string of the molecule is CCCCCCCCCCCCCCCC(=O)NCC([SiH3])C=O. The summed E-state index contributed by atoms with van der Waals surface area (Å²) in [6.45, 7) is 2.80. The molecular weight excluding hydrogens is 302 g/mol. The molecule has 136 valence electrons. The Labute approximate surface area is 146 Å². The first-order chi connectivity index (χ1) is 11.2. The average Bonchev–Trinajstić information content (AvgIpc) is 2.56. The van der Waals surface area contributed by atoms with Crippen LogP contribution in [-0.2, 0) is 9.59 Å². The molecule has 1 amide bonds. The van der Waals surface area contributed by atoms with E-state index in [1.807, 2.05) is 0 Å². The minimum absolute atomic E-state index is 0.0607. The van der Waals surface area contributed by atoms with Crippen LogP contribution < -0.4 is 5.32 Å². The lowest BCUT2D eigenvalue weighted by molar-refractivity contribution is -0.121. The fraction of sp³-hybridized carbons (Fsp3) is 0.895. The van der Waals surface area contributed by atoms with Crippen molar-refractivity contribution in [2.75, 3.05) is 6.54 Å². The van der Waals surface area contributed by atoms with Crippen LogP contribution in [0.4, 0.5) is 0 Å². The monoisotopic (exact) mass is 341 g/mol. The van der Waals surface area contributed by atoms with Crippen molar-refractivity contribution in [3.8, 4) is 0 Å². The van der Waals surface area contributed by atoms with Gasteiger partial charge in [0.05, 0.1) is 0 Å². The van der Waals surface area contributed by atoms with Gasteiger partial charge in [0.25, 0.3) is 0 Å². The fourth-order valence-corrected chi connectivity index (χ4v) is 2.92. The van der Waals surface area contributed by atoms with E-state index in [0.717, 1.165) is 29.4 Å². The van der Waals surface area contributed by atoms with E-state index < -0.39 is 0 Å². The molecule has 0 saturated heterocycles. The van der Waals surface area contributed by atoms with E-state index in [-0.39, 0.29) is 11.4 Å². The van der Waals surface area contributed by atoms with Gasteiger partial charge in [-0.3, -0.25) is 4.79 Å². The third-order valence-electron chi connectivity index (χ3n) is 4.36. The molecule has 3 nitrogen and oxygen atoms in total. The normalized spacial score (nSPS) is 12.2. The Hall–Kier alpha value is -0.643. The van der Waals surface area contributed by atoms with Crippen molar-refractivity contribution >= 4 is 22.4 Å². The zero-order valence-corrected chi connectivity index (χ0v) is 17.6. The number of rotatable bonds is 17. The first-order valence-electron chi connectivity index (χ1n) is 9.92. The van der Waals surface area contributed by atoms with Crippen molar-refractivity contribution in [1.82, 2.24) is 5.32 Å². The first-order valence-corrected chi connectivity index (χ1v) is 11.1. The summed E-state index contributed by atoms with van der Waals surface area (Å²) in [5.41, 5.74) is 0.0607. The Morgan fingerprint density at radius 1 is 0.870 bits per heavy atom. The Bertz CT molecular complexity index is 285. The largest absolute Gasteiger partial charge is 0.356 e. The van der Waals surface area contributed by atoms with E-state index in [4.69, 9.17) is 0 Å². The van der Waals surface area contributed by atoms with Gasteiger partial charge in [-0.2, -0.15) is 0 Å². The fourth-order valence-electron chi connectivity index (χ4n) is 2.71. The van der Waals surface area contributed by atoms with Crippen molar-refractivity contribution in [2.24, 2.45) is 0 Å². The van der Waals surface area contributed by atoms with Crippen molar-refractivity contribution < 1.29 is 9.59 Å². The lowest BCUT2D eigenvalue weighted by Crippen LogP contribution is -2.27. The van der Waals surface area contributed by atoms with E-state index >= 15 is 0 Å². The molecule has 1 unspecified atom stereocenters. The van der Waals surface area contributed by atoms with Crippen LogP contribution in [0.2, 0.25) is 5.54 Å². The standard InChI is InChI=1S/C19H39NO2Si/c1-2-3-4-5-6-7-8-9-10-11-12-13-14-15-19(22)20-16-18(23)17-21/h17-18H,2-16H2,1,23H3,(H,20,22). The van der Waals surface area contributed by atoms with Gasteiger partial charge in [0.1, 0.15) is 6.29 Å². The molecular formula is C19H39NO2Si. The van der Waals surface area contributed by atoms with Crippen LogP contribution in [0.1, 0.15) is 96.8 Å². The number of carbonyl (C=O) groups excluding carboxylic acids is 2. The molecule has 0 aliphatic rings. The highest BCUT2D eigenvalue weighted by Gasteiger charge is 2.04. The summed E-state index contributed by atoms with van der Waals surface area (Å²) >= 11 is 0. The van der Waals surface area contributed by atoms with Crippen molar-refractivity contribution in [3.05, 3.63) is 0 Å². The highest BCUT2D eigenvalue weighted by atomic mass is 28.1. The number of nitrogens with one attached hydrogen (secondary N) is 1. The quantitative estimate of drug-likeness (QED) is 0.247. The van der Waals surface area contributed by atoms with Crippen LogP contribution in [0.3, 0.4) is 0 Å². The Balaban J connectivity index is 3.15. The number of unbranched alkanes of at least 4 members (excludes halogenated alkanes) is 12. The third-order valence-corrected chi connectivity index (χ3v) is 5.04. The topological polar surface area (TPSA) is 46.2 Å². The van der Waals surface area contributed by atoms with Crippen LogP contribution in [0.15, 0.2) is 0 Å². The summed E-state index contributed by atoms with van der Waals surface area (Å²) in [5, 5.41) is 2.84. The second-order valence-corrected chi connectivity index (χ2v) is 8.39. The van der Waals surface area contributed by atoms with Gasteiger partial charge in [0.15, 0.2) is 0 Å². The third kappa shape index (κ3) is 17.5. The Morgan fingerprint density at radius 2 is 1.30 bits per heavy atom. The summed E-state index contributed by atoms with van der Waals surface area (Å²) in [7, 11) is 0.819. The average molecular weight is 342 g/mol. The molecule has 0 fully saturated rings. The summed E-state index contributed by atoms with van der Waals surface area (Å²) in [4.78, 5) is 22.0. The number of carbonyl (C=O) groups is 2. The van der Waals surface area contributed by atoms with Gasteiger partial charge in [-0.05, 0) is 6.42 Å². The summed E-state index contributed by atoms with van der Waals surface area (Å²) in [6, 6.07) is 0. The molecule has 0 rings (SSSR count). The highest BCUT2D eigenvalue weighted by molar-refractivity contribution is 6.20. The number of hydrogen-bond donors (Lipinski definition) is 1. The van der Waals surface area contributed by atoms with E-state index in [1.165, 1.54) is 70.6 Å². The van der Waals surface area contributed by atoms with Crippen LogP contribution in [0, 0.1) is 0 Å². The molecule has 4 heteroatoms. The minimum atomic E-state index is 0.0607. The molecule has 1 atom stereocenters. The Kier molecular flexibility index (Phi) is 17.2. The molecule has 0 aromatic rings. The van der Waals surface area contributed by atoms with Crippen molar-refractivity contribution in [3.63, 3.8) is 0 Å². The number of hydrogen-bond acceptors (Lipinski definition) is 2. The molecule has 0 radical (unpaired) electrons. The van der Waals surface area contributed by atoms with E-state index in [2.05, 4.69) is 12.2 Å². The van der Waals surface area contributed by atoms with E-state index in [0.29, 0.717) is 13.0 Å². The lowest BCUT2D eigenvalue weighted by atomic mass is 10.0. The van der Waals surface area contributed by atoms with Gasteiger partial charge in [0, 0.05) is 28.7 Å². The zero-order valence-electron chi connectivity index (χ0n) is 15.6. The van der Waals surface area contributed by atoms with Gasteiger partial charge in [0.2, 0.25) is 5.91 Å². The first kappa shape index (κ1) is 22.4. The molecule has 0 saturated carbocycles. The molecule has 1 N–H and O–H groups in total. The van der Waals surface area contributed by atoms with E-state index in [9.17, 15) is 9.59 Å². The molecule has 0 spiro atoms. The molecule has 0 heterocycles. The lowest BCUT2D eigenvalue weighted by Gasteiger charge is -2.06. The smallest absolute Gasteiger partial charge is 0.220 e. The van der Waals surface area contributed by atoms with Crippen LogP contribution in [-0.4, -0.2) is 29.0 Å². The maximum atomic E-state index is 11.6. The minimum Gasteiger partial charge on any atom is -0.356 e. The molecule has 0 aromatic heterocycles. The molecule has 0 bridgehead atoms. The molecule has 0 aromatic carbocycles. The van der Waals surface area contributed by atoms with Gasteiger partial charge < -0.3 is 10.1 Å². The van der Waals surface area contributed by atoms with Gasteiger partial charge in [-0.25, -0.2) is 0 Å². The van der Waals surface area contributed by atoms with E-state index in [1.54, 1.807) is 0 Å². The van der Waals surface area contributed by atoms with Crippen LogP contribution in [0.25, 0.3) is 0 Å². The summed E-state index contributed by atoms with van der Waals surface area (Å²) in [5.74, 6) is 0.107. The van der Waals surface area contributed by atoms with Crippen molar-refractivity contribution in [2.45, 2.75) is 102 Å². The zero-order chi connectivity index (χ0) is 17.2. The summed E-state index contributed by atoms with van der Waals surface area (Å²) in [6.07, 6.45) is 18.8. The van der Waals surface area contributed by atoms with Crippen LogP contribution in [0.5, 0.6) is 0 Å². The Morgan fingerprint density at radius 3 is 1.74 bits per heavy atom. The van der Waals surface area contributed by atoms with Gasteiger partial charge in [-0.15, -0.1) is 0 Å². The second kappa shape index (κ2) is 17.7. The predicted molar refractivity (Wildman–Crippen MR) is 103 cm³/mol. The number of amides is 1. The highest BCUT2D eigenvalue weighted by Crippen LogP contribution is 2.12. The summed E-state index contributed by atoms with van der Waals surface area (Å²) < 4.78 is 0. The number of aldehydes is 1. The molecule has 0 aliphatic heterocycles. The molecule has 23 heavy (non-hydrogen) atoms. The maximum Gasteiger partial charge on any atom is 0.220 e. The predicted octanol–water partition coefficient (Wildman–Crippen LogP) is 3.94. The van der Waals surface area contributed by atoms with Crippen molar-refractivity contribution in [1.29, 1.82) is 0 Å². The molecule has 0 aliphatic carbocycles. The second-order valence-electron chi connectivity index (χ2n) is 6.91.